The van der Waals surface area contributed by atoms with Crippen molar-refractivity contribution in [2.45, 2.75) is 76.7 Å². The molecule has 3 rings (SSSR count). The van der Waals surface area contributed by atoms with Crippen molar-refractivity contribution in [3.8, 4) is 5.75 Å². The minimum absolute atomic E-state index is 0.0451. The molecule has 1 aliphatic heterocycles. The number of carboxylic acid groups (broad SMARTS) is 1. The normalized spacial score (nSPS) is 16.4. The predicted octanol–water partition coefficient (Wildman–Crippen LogP) is 5.90. The number of hydrogen-bond donors (Lipinski definition) is 1. The van der Waals surface area contributed by atoms with Gasteiger partial charge in [0.2, 0.25) is 0 Å². The second-order valence-electron chi connectivity index (χ2n) is 10.8. The molecule has 0 saturated carbocycles. The van der Waals surface area contributed by atoms with E-state index in [1.54, 1.807) is 0 Å². The molecule has 1 fully saturated rings. The highest BCUT2D eigenvalue weighted by atomic mass is 32.2. The summed E-state index contributed by atoms with van der Waals surface area (Å²) in [6, 6.07) is 2.60. The molecule has 0 bridgehead atoms. The molecule has 9 nitrogen and oxygen atoms in total. The standard InChI is InChI=1S/C23H33F3N2O7SSi/c1-22(2,3)37(4,5)33-14-17-19(35-36(31,32)23(24,25)26)9-7-16-18(27-34-20(16)17)8-6-15-10-12-28(13-11-15)21(29)30/h7,9,15H,6,8,10-14H2,1-5H3,(H,29,30). The molecule has 1 amide bonds. The summed E-state index contributed by atoms with van der Waals surface area (Å²) in [5.41, 5.74) is -4.86. The van der Waals surface area contributed by atoms with Gasteiger partial charge >= 0.3 is 21.7 Å². The van der Waals surface area contributed by atoms with Crippen molar-refractivity contribution >= 4 is 35.5 Å². The first kappa shape index (κ1) is 29.2. The first-order valence-corrected chi connectivity index (χ1v) is 16.3. The third-order valence-corrected chi connectivity index (χ3v) is 12.8. The lowest BCUT2D eigenvalue weighted by atomic mass is 9.91. The van der Waals surface area contributed by atoms with E-state index in [2.05, 4.69) is 9.34 Å². The van der Waals surface area contributed by atoms with Crippen molar-refractivity contribution in [3.63, 3.8) is 0 Å². The number of fused-ring (bicyclic) bond motifs is 1. The van der Waals surface area contributed by atoms with Gasteiger partial charge in [0.1, 0.15) is 0 Å². The minimum Gasteiger partial charge on any atom is -0.465 e. The molecule has 2 heterocycles. The van der Waals surface area contributed by atoms with E-state index < -0.39 is 35.8 Å². The number of benzene rings is 1. The molecule has 14 heteroatoms. The summed E-state index contributed by atoms with van der Waals surface area (Å²) >= 11 is 0. The van der Waals surface area contributed by atoms with E-state index in [1.165, 1.54) is 17.0 Å². The van der Waals surface area contributed by atoms with Gasteiger partial charge in [-0.15, -0.1) is 0 Å². The van der Waals surface area contributed by atoms with Gasteiger partial charge in [-0.25, -0.2) is 4.79 Å². The molecule has 37 heavy (non-hydrogen) atoms. The number of alkyl halides is 3. The molecule has 208 valence electrons. The summed E-state index contributed by atoms with van der Waals surface area (Å²) in [6.45, 7) is 10.6. The maximum atomic E-state index is 13.0. The number of nitrogens with zero attached hydrogens (tertiary/aromatic N) is 2. The van der Waals surface area contributed by atoms with Crippen LogP contribution in [0.5, 0.6) is 5.75 Å². The SMILES string of the molecule is CC(C)(C)[Si](C)(C)OCc1c(OS(=O)(=O)C(F)(F)F)ccc2c(CCC3CCN(C(=O)O)CC3)noc12. The highest BCUT2D eigenvalue weighted by Gasteiger charge is 2.49. The molecule has 1 saturated heterocycles. The highest BCUT2D eigenvalue weighted by Crippen LogP contribution is 2.40. The maximum absolute atomic E-state index is 13.0. The van der Waals surface area contributed by atoms with E-state index in [4.69, 9.17) is 14.1 Å². The van der Waals surface area contributed by atoms with E-state index in [9.17, 15) is 26.4 Å². The Bertz CT molecular complexity index is 1230. The van der Waals surface area contributed by atoms with Crippen LogP contribution in [0.15, 0.2) is 16.7 Å². The van der Waals surface area contributed by atoms with Gasteiger partial charge in [-0.05, 0) is 61.9 Å². The summed E-state index contributed by atoms with van der Waals surface area (Å²) in [6.07, 6.45) is 1.75. The third-order valence-electron chi connectivity index (χ3n) is 7.32. The summed E-state index contributed by atoms with van der Waals surface area (Å²) in [5, 5.41) is 13.6. The topological polar surface area (TPSA) is 119 Å². The van der Waals surface area contributed by atoms with Gasteiger partial charge in [-0.2, -0.15) is 21.6 Å². The quantitative estimate of drug-likeness (QED) is 0.238. The van der Waals surface area contributed by atoms with E-state index in [1.807, 2.05) is 33.9 Å². The van der Waals surface area contributed by atoms with Gasteiger partial charge in [-0.3, -0.25) is 0 Å². The number of likely N-dealkylation sites (tertiary alicyclic amines) is 1. The van der Waals surface area contributed by atoms with Crippen LogP contribution in [0.4, 0.5) is 18.0 Å². The largest absolute Gasteiger partial charge is 0.534 e. The zero-order valence-electron chi connectivity index (χ0n) is 21.5. The Kier molecular flexibility index (Phi) is 8.25. The first-order chi connectivity index (χ1) is 16.9. The molecular formula is C23H33F3N2O7SSi. The van der Waals surface area contributed by atoms with Crippen LogP contribution in [-0.4, -0.2) is 56.6 Å². The monoisotopic (exact) mass is 566 g/mol. The van der Waals surface area contributed by atoms with Crippen LogP contribution in [0.3, 0.4) is 0 Å². The van der Waals surface area contributed by atoms with Crippen LogP contribution >= 0.6 is 0 Å². The van der Waals surface area contributed by atoms with Crippen LogP contribution in [0.25, 0.3) is 11.0 Å². The van der Waals surface area contributed by atoms with Crippen molar-refractivity contribution in [2.24, 2.45) is 5.92 Å². The zero-order chi connectivity index (χ0) is 27.8. The Labute approximate surface area is 215 Å². The molecule has 0 unspecified atom stereocenters. The fourth-order valence-electron chi connectivity index (χ4n) is 3.87. The Balaban J connectivity index is 1.89. The molecule has 0 atom stereocenters. The van der Waals surface area contributed by atoms with Gasteiger partial charge in [0.05, 0.1) is 17.9 Å². The second kappa shape index (κ2) is 10.4. The van der Waals surface area contributed by atoms with E-state index in [0.29, 0.717) is 36.5 Å². The average molecular weight is 567 g/mol. The minimum atomic E-state index is -5.90. The van der Waals surface area contributed by atoms with E-state index >= 15 is 0 Å². The Morgan fingerprint density at radius 3 is 2.38 bits per heavy atom. The maximum Gasteiger partial charge on any atom is 0.534 e. The van der Waals surface area contributed by atoms with Gasteiger partial charge in [0.25, 0.3) is 0 Å². The highest BCUT2D eigenvalue weighted by molar-refractivity contribution is 7.88. The van der Waals surface area contributed by atoms with Gasteiger partial charge in [0.15, 0.2) is 19.6 Å². The molecule has 1 aliphatic rings. The van der Waals surface area contributed by atoms with E-state index in [0.717, 1.165) is 19.3 Å². The summed E-state index contributed by atoms with van der Waals surface area (Å²) in [7, 11) is -8.28. The molecule has 1 aromatic carbocycles. The van der Waals surface area contributed by atoms with Crippen LogP contribution in [0.2, 0.25) is 18.1 Å². The number of carbonyl (C=O) groups is 1. The number of rotatable bonds is 8. The fraction of sp³-hybridized carbons (Fsp3) is 0.652. The smallest absolute Gasteiger partial charge is 0.465 e. The molecule has 0 spiro atoms. The molecule has 0 radical (unpaired) electrons. The van der Waals surface area contributed by atoms with Crippen molar-refractivity contribution < 1.29 is 44.6 Å². The number of aromatic nitrogens is 1. The van der Waals surface area contributed by atoms with Crippen molar-refractivity contribution in [3.05, 3.63) is 23.4 Å². The Morgan fingerprint density at radius 1 is 1.22 bits per heavy atom. The number of amides is 1. The van der Waals surface area contributed by atoms with Crippen LogP contribution < -0.4 is 4.18 Å². The number of aryl methyl sites for hydroxylation is 1. The van der Waals surface area contributed by atoms with Crippen molar-refractivity contribution in [1.82, 2.24) is 10.1 Å². The number of hydrogen-bond acceptors (Lipinski definition) is 7. The van der Waals surface area contributed by atoms with Crippen LogP contribution in [0, 0.1) is 5.92 Å². The molecule has 1 N–H and O–H groups in total. The van der Waals surface area contributed by atoms with Gasteiger partial charge < -0.3 is 23.1 Å². The number of piperidine rings is 1. The first-order valence-electron chi connectivity index (χ1n) is 12.0. The Morgan fingerprint density at radius 2 is 1.84 bits per heavy atom. The summed E-state index contributed by atoms with van der Waals surface area (Å²) in [4.78, 5) is 12.5. The zero-order valence-corrected chi connectivity index (χ0v) is 23.3. The van der Waals surface area contributed by atoms with Crippen molar-refractivity contribution in [1.29, 1.82) is 0 Å². The molecule has 0 aliphatic carbocycles. The summed E-state index contributed by atoms with van der Waals surface area (Å²) in [5.74, 6) is -0.226. The van der Waals surface area contributed by atoms with Crippen molar-refractivity contribution in [2.75, 3.05) is 13.1 Å². The lowest BCUT2D eigenvalue weighted by molar-refractivity contribution is -0.0500. The molecule has 1 aromatic heterocycles. The van der Waals surface area contributed by atoms with Crippen LogP contribution in [-0.2, 0) is 27.6 Å². The van der Waals surface area contributed by atoms with Gasteiger partial charge in [0, 0.05) is 18.5 Å². The summed E-state index contributed by atoms with van der Waals surface area (Å²) < 4.78 is 78.8. The van der Waals surface area contributed by atoms with E-state index in [-0.39, 0.29) is 22.8 Å². The second-order valence-corrected chi connectivity index (χ2v) is 17.2. The average Bonchev–Trinajstić information content (AvgIpc) is 3.18. The lowest BCUT2D eigenvalue weighted by Crippen LogP contribution is -2.40. The predicted molar refractivity (Wildman–Crippen MR) is 132 cm³/mol. The van der Waals surface area contributed by atoms with Crippen LogP contribution in [0.1, 0.15) is 51.3 Å². The third kappa shape index (κ3) is 6.58. The molecular weight excluding hydrogens is 533 g/mol. The Hall–Kier alpha value is -2.32. The molecule has 2 aromatic rings. The fourth-order valence-corrected chi connectivity index (χ4v) is 5.30. The lowest BCUT2D eigenvalue weighted by Gasteiger charge is -2.36. The number of halogens is 3. The van der Waals surface area contributed by atoms with Gasteiger partial charge in [-0.1, -0.05) is 25.9 Å².